The Balaban J connectivity index is 1.78. The van der Waals surface area contributed by atoms with Crippen LogP contribution in [0.3, 0.4) is 0 Å². The van der Waals surface area contributed by atoms with E-state index >= 15 is 0 Å². The lowest BCUT2D eigenvalue weighted by Crippen LogP contribution is -2.44. The van der Waals surface area contributed by atoms with Crippen LogP contribution in [0.5, 0.6) is 0 Å². The highest BCUT2D eigenvalue weighted by Crippen LogP contribution is 2.30. The predicted molar refractivity (Wildman–Crippen MR) is 148 cm³/mol. The van der Waals surface area contributed by atoms with Gasteiger partial charge in [0.05, 0.1) is 22.3 Å². The summed E-state index contributed by atoms with van der Waals surface area (Å²) < 4.78 is 5.44. The number of benzene rings is 2. The minimum Gasteiger partial charge on any atom is -0.382 e. The van der Waals surface area contributed by atoms with Gasteiger partial charge in [-0.25, -0.2) is 4.79 Å². The van der Waals surface area contributed by atoms with E-state index in [1.54, 1.807) is 34.4 Å². The van der Waals surface area contributed by atoms with Crippen LogP contribution in [0.2, 0.25) is 10.0 Å². The number of amides is 3. The van der Waals surface area contributed by atoms with Gasteiger partial charge in [-0.3, -0.25) is 4.79 Å². The number of ether oxygens (including phenoxy) is 1. The molecule has 0 aliphatic rings. The van der Waals surface area contributed by atoms with E-state index in [9.17, 15) is 9.59 Å². The van der Waals surface area contributed by atoms with E-state index in [-0.39, 0.29) is 12.5 Å². The van der Waals surface area contributed by atoms with Crippen LogP contribution in [-0.4, -0.2) is 48.0 Å². The molecule has 0 aliphatic carbocycles. The molecule has 3 amide bonds. The molecule has 0 spiro atoms. The fraction of sp³-hybridized carbons (Fsp3) is 0.333. The second kappa shape index (κ2) is 14.2. The molecule has 192 valence electrons. The van der Waals surface area contributed by atoms with Crippen molar-refractivity contribution in [2.24, 2.45) is 0 Å². The third-order valence-corrected chi connectivity index (χ3v) is 7.06. The summed E-state index contributed by atoms with van der Waals surface area (Å²) in [5.41, 5.74) is 1.35. The van der Waals surface area contributed by atoms with Crippen molar-refractivity contribution in [1.82, 2.24) is 9.80 Å². The lowest BCUT2D eigenvalue weighted by atomic mass is 10.2. The molecule has 1 N–H and O–H groups in total. The standard InChI is InChI=1S/C27H31Cl2N3O3S/c1-3-35-16-8-15-31(27(34)30-26-23(28)11-7-12-24(26)29)19-25(33)32(17-21-9-5-4-6-10-21)18-22-14-13-20(2)36-22/h4-7,9-14H,3,8,15-19H2,1-2H3,(H,30,34). The Morgan fingerprint density at radius 3 is 2.31 bits per heavy atom. The average molecular weight is 549 g/mol. The molecular formula is C27H31Cl2N3O3S. The highest BCUT2D eigenvalue weighted by Gasteiger charge is 2.23. The van der Waals surface area contributed by atoms with Crippen LogP contribution < -0.4 is 5.32 Å². The first-order valence-corrected chi connectivity index (χ1v) is 13.4. The quantitative estimate of drug-likeness (QED) is 0.252. The number of aryl methyl sites for hydroxylation is 1. The van der Waals surface area contributed by atoms with E-state index in [2.05, 4.69) is 5.32 Å². The molecule has 3 aromatic rings. The van der Waals surface area contributed by atoms with E-state index in [1.807, 2.05) is 56.3 Å². The van der Waals surface area contributed by atoms with E-state index < -0.39 is 6.03 Å². The van der Waals surface area contributed by atoms with Crippen LogP contribution in [-0.2, 0) is 22.6 Å². The maximum absolute atomic E-state index is 13.6. The first-order valence-electron chi connectivity index (χ1n) is 11.8. The molecule has 6 nitrogen and oxygen atoms in total. The summed E-state index contributed by atoms with van der Waals surface area (Å²) in [6.45, 7) is 6.21. The van der Waals surface area contributed by atoms with Gasteiger partial charge in [-0.05, 0) is 50.1 Å². The molecule has 9 heteroatoms. The summed E-state index contributed by atoms with van der Waals surface area (Å²) in [7, 11) is 0. The lowest BCUT2D eigenvalue weighted by Gasteiger charge is -2.28. The van der Waals surface area contributed by atoms with Gasteiger partial charge in [0.1, 0.15) is 6.54 Å². The molecule has 3 rings (SSSR count). The van der Waals surface area contributed by atoms with E-state index in [0.717, 1.165) is 10.4 Å². The van der Waals surface area contributed by atoms with Crippen LogP contribution in [0.4, 0.5) is 10.5 Å². The zero-order valence-electron chi connectivity index (χ0n) is 20.5. The third-order valence-electron chi connectivity index (χ3n) is 5.44. The van der Waals surface area contributed by atoms with Crippen LogP contribution in [0.15, 0.2) is 60.7 Å². The fourth-order valence-electron chi connectivity index (χ4n) is 3.61. The second-order valence-electron chi connectivity index (χ2n) is 8.25. The zero-order valence-corrected chi connectivity index (χ0v) is 22.8. The molecule has 2 aromatic carbocycles. The number of carbonyl (C=O) groups excluding carboxylic acids is 2. The minimum atomic E-state index is -0.443. The van der Waals surface area contributed by atoms with E-state index in [1.165, 1.54) is 9.78 Å². The Kier molecular flexibility index (Phi) is 11.1. The predicted octanol–water partition coefficient (Wildman–Crippen LogP) is 6.85. The summed E-state index contributed by atoms with van der Waals surface area (Å²) in [5.74, 6) is -0.151. The summed E-state index contributed by atoms with van der Waals surface area (Å²) in [6, 6.07) is 18.5. The SMILES string of the molecule is CCOCCCN(CC(=O)N(Cc1ccccc1)Cc1ccc(C)s1)C(=O)Nc1c(Cl)cccc1Cl. The number of hydrogen-bond acceptors (Lipinski definition) is 4. The normalized spacial score (nSPS) is 10.8. The minimum absolute atomic E-state index is 0.0861. The number of anilines is 1. The van der Waals surface area contributed by atoms with Gasteiger partial charge in [0, 0.05) is 36.1 Å². The molecular weight excluding hydrogens is 517 g/mol. The number of hydrogen-bond donors (Lipinski definition) is 1. The van der Waals surface area contributed by atoms with Gasteiger partial charge in [0.15, 0.2) is 0 Å². The number of para-hydroxylation sites is 1. The first kappa shape index (κ1) is 28.0. The Morgan fingerprint density at radius 1 is 0.944 bits per heavy atom. The molecule has 1 aromatic heterocycles. The number of urea groups is 1. The zero-order chi connectivity index (χ0) is 25.9. The Bertz CT molecular complexity index is 1120. The van der Waals surface area contributed by atoms with Crippen molar-refractivity contribution < 1.29 is 14.3 Å². The topological polar surface area (TPSA) is 61.9 Å². The lowest BCUT2D eigenvalue weighted by molar-refractivity contribution is -0.133. The van der Waals surface area contributed by atoms with Gasteiger partial charge in [-0.2, -0.15) is 0 Å². The van der Waals surface area contributed by atoms with Crippen LogP contribution in [0, 0.1) is 6.92 Å². The number of carbonyl (C=O) groups is 2. The number of nitrogens with zero attached hydrogens (tertiary/aromatic N) is 2. The maximum atomic E-state index is 13.6. The van der Waals surface area contributed by atoms with Gasteiger partial charge < -0.3 is 19.9 Å². The molecule has 0 unspecified atom stereocenters. The third kappa shape index (κ3) is 8.52. The van der Waals surface area contributed by atoms with Gasteiger partial charge in [-0.1, -0.05) is 59.6 Å². The fourth-order valence-corrected chi connectivity index (χ4v) is 5.01. The van der Waals surface area contributed by atoms with Gasteiger partial charge in [0.2, 0.25) is 5.91 Å². The van der Waals surface area contributed by atoms with Crippen LogP contribution >= 0.6 is 34.5 Å². The number of thiophene rings is 1. The largest absolute Gasteiger partial charge is 0.382 e. The molecule has 0 saturated heterocycles. The highest BCUT2D eigenvalue weighted by molar-refractivity contribution is 7.11. The summed E-state index contributed by atoms with van der Waals surface area (Å²) in [6.07, 6.45) is 0.591. The summed E-state index contributed by atoms with van der Waals surface area (Å²) in [4.78, 5) is 32.4. The van der Waals surface area contributed by atoms with Crippen molar-refractivity contribution in [3.63, 3.8) is 0 Å². The molecule has 0 radical (unpaired) electrons. The van der Waals surface area contributed by atoms with Gasteiger partial charge >= 0.3 is 6.03 Å². The highest BCUT2D eigenvalue weighted by atomic mass is 35.5. The molecule has 1 heterocycles. The molecule has 0 atom stereocenters. The average Bonchev–Trinajstić information content (AvgIpc) is 3.28. The Labute approximate surface area is 226 Å². The first-order chi connectivity index (χ1) is 17.4. The van der Waals surface area contributed by atoms with Crippen LogP contribution in [0.1, 0.15) is 28.7 Å². The number of nitrogens with one attached hydrogen (secondary N) is 1. The molecule has 36 heavy (non-hydrogen) atoms. The monoisotopic (exact) mass is 547 g/mol. The second-order valence-corrected chi connectivity index (χ2v) is 10.4. The number of halogens is 2. The molecule has 0 bridgehead atoms. The van der Waals surface area contributed by atoms with Crippen molar-refractivity contribution in [2.45, 2.75) is 33.4 Å². The van der Waals surface area contributed by atoms with Crippen molar-refractivity contribution in [2.75, 3.05) is 31.6 Å². The molecule has 0 aliphatic heterocycles. The van der Waals surface area contributed by atoms with Gasteiger partial charge in [0.25, 0.3) is 0 Å². The summed E-state index contributed by atoms with van der Waals surface area (Å²) >= 11 is 14.2. The number of rotatable bonds is 12. The van der Waals surface area contributed by atoms with Crippen LogP contribution in [0.25, 0.3) is 0 Å². The van der Waals surface area contributed by atoms with Crippen molar-refractivity contribution in [1.29, 1.82) is 0 Å². The van der Waals surface area contributed by atoms with Crippen molar-refractivity contribution in [3.8, 4) is 0 Å². The molecule has 0 saturated carbocycles. The van der Waals surface area contributed by atoms with E-state index in [4.69, 9.17) is 27.9 Å². The Hall–Kier alpha value is -2.58. The van der Waals surface area contributed by atoms with Gasteiger partial charge in [-0.15, -0.1) is 11.3 Å². The van der Waals surface area contributed by atoms with Crippen molar-refractivity contribution in [3.05, 3.63) is 86.0 Å². The smallest absolute Gasteiger partial charge is 0.322 e. The summed E-state index contributed by atoms with van der Waals surface area (Å²) in [5, 5.41) is 3.44. The van der Waals surface area contributed by atoms with Crippen molar-refractivity contribution >= 4 is 52.2 Å². The Morgan fingerprint density at radius 2 is 1.67 bits per heavy atom. The van der Waals surface area contributed by atoms with E-state index in [0.29, 0.717) is 55.0 Å². The maximum Gasteiger partial charge on any atom is 0.322 e. The molecule has 0 fully saturated rings.